The van der Waals surface area contributed by atoms with E-state index in [4.69, 9.17) is 5.11 Å². The second-order valence-corrected chi connectivity index (χ2v) is 5.68. The molecule has 20 heavy (non-hydrogen) atoms. The molecule has 0 aromatic carbocycles. The summed E-state index contributed by atoms with van der Waals surface area (Å²) in [5, 5.41) is 8.87. The van der Waals surface area contributed by atoms with Gasteiger partial charge < -0.3 is 5.11 Å². The molecule has 0 bridgehead atoms. The van der Waals surface area contributed by atoms with E-state index < -0.39 is 5.97 Å². The van der Waals surface area contributed by atoms with E-state index >= 15 is 0 Å². The molecule has 0 spiro atoms. The first-order valence-electron chi connectivity index (χ1n) is 8.02. The predicted octanol–water partition coefficient (Wildman–Crippen LogP) is 3.66. The van der Waals surface area contributed by atoms with Gasteiger partial charge in [-0.15, -0.1) is 0 Å². The van der Waals surface area contributed by atoms with Crippen molar-refractivity contribution >= 4 is 35.5 Å². The third-order valence-corrected chi connectivity index (χ3v) is 3.88. The van der Waals surface area contributed by atoms with Gasteiger partial charge in [-0.25, -0.2) is 0 Å². The molecule has 0 radical (unpaired) electrons. The van der Waals surface area contributed by atoms with Gasteiger partial charge in [-0.1, -0.05) is 64.7 Å². The van der Waals surface area contributed by atoms with Crippen LogP contribution in [0.2, 0.25) is 0 Å². The summed E-state index contributed by atoms with van der Waals surface area (Å²) in [4.78, 5) is 12.7. The molecule has 1 unspecified atom stereocenters. The molecule has 4 heteroatoms. The van der Waals surface area contributed by atoms with Crippen LogP contribution >= 0.6 is 0 Å². The van der Waals surface area contributed by atoms with Crippen LogP contribution in [-0.4, -0.2) is 65.2 Å². The fourth-order valence-corrected chi connectivity index (χ4v) is 2.23. The standard InChI is InChI=1S/C16H33NO2.Na.H/c1-4-5-6-7-8-9-10-11-12-13-14-17(3)15(2)16(18)19;;/h15H,4-14H2,1-3H3,(H,18,19);;. The second-order valence-electron chi connectivity index (χ2n) is 5.68. The van der Waals surface area contributed by atoms with Crippen LogP contribution in [0.5, 0.6) is 0 Å². The van der Waals surface area contributed by atoms with Crippen LogP contribution in [0.3, 0.4) is 0 Å². The van der Waals surface area contributed by atoms with E-state index in [-0.39, 0.29) is 35.6 Å². The molecule has 0 heterocycles. The number of carboxylic acids is 1. The summed E-state index contributed by atoms with van der Waals surface area (Å²) >= 11 is 0. The summed E-state index contributed by atoms with van der Waals surface area (Å²) in [6, 6.07) is -0.362. The Balaban J connectivity index is 0. The molecule has 0 rings (SSSR count). The topological polar surface area (TPSA) is 40.5 Å². The maximum absolute atomic E-state index is 10.8. The van der Waals surface area contributed by atoms with Gasteiger partial charge in [0.25, 0.3) is 0 Å². The Hall–Kier alpha value is 0.430. The van der Waals surface area contributed by atoms with Gasteiger partial charge in [-0.2, -0.15) is 0 Å². The van der Waals surface area contributed by atoms with E-state index in [9.17, 15) is 4.79 Å². The molecular weight excluding hydrogens is 261 g/mol. The van der Waals surface area contributed by atoms with Gasteiger partial charge in [-0.3, -0.25) is 9.69 Å². The summed E-state index contributed by atoms with van der Waals surface area (Å²) in [6.07, 6.45) is 13.2. The third kappa shape index (κ3) is 13.4. The normalized spacial score (nSPS) is 12.2. The van der Waals surface area contributed by atoms with E-state index in [1.54, 1.807) is 6.92 Å². The first kappa shape index (κ1) is 22.7. The fourth-order valence-electron chi connectivity index (χ4n) is 2.23. The Bertz CT molecular complexity index is 225. The summed E-state index contributed by atoms with van der Waals surface area (Å²) in [7, 11) is 1.90. The first-order valence-corrected chi connectivity index (χ1v) is 8.02. The molecule has 0 aliphatic rings. The van der Waals surface area contributed by atoms with Crippen LogP contribution < -0.4 is 0 Å². The fraction of sp³-hybridized carbons (Fsp3) is 0.938. The van der Waals surface area contributed by atoms with Gasteiger partial charge in [0.2, 0.25) is 0 Å². The average molecular weight is 295 g/mol. The summed E-state index contributed by atoms with van der Waals surface area (Å²) in [5.41, 5.74) is 0. The molecule has 0 aromatic rings. The predicted molar refractivity (Wildman–Crippen MR) is 88.7 cm³/mol. The van der Waals surface area contributed by atoms with Crippen molar-refractivity contribution < 1.29 is 9.90 Å². The van der Waals surface area contributed by atoms with E-state index in [0.29, 0.717) is 0 Å². The van der Waals surface area contributed by atoms with Crippen molar-refractivity contribution in [3.63, 3.8) is 0 Å². The molecule has 0 saturated carbocycles. The van der Waals surface area contributed by atoms with Crippen molar-refractivity contribution in [3.8, 4) is 0 Å². The van der Waals surface area contributed by atoms with E-state index in [1.165, 1.54) is 57.8 Å². The van der Waals surface area contributed by atoms with Crippen molar-refractivity contribution in [2.45, 2.75) is 84.1 Å². The zero-order valence-corrected chi connectivity index (χ0v) is 13.2. The van der Waals surface area contributed by atoms with Gasteiger partial charge in [0.15, 0.2) is 0 Å². The van der Waals surface area contributed by atoms with Crippen molar-refractivity contribution in [1.82, 2.24) is 4.90 Å². The zero-order chi connectivity index (χ0) is 14.5. The van der Waals surface area contributed by atoms with Crippen LogP contribution in [0, 0.1) is 0 Å². The van der Waals surface area contributed by atoms with Crippen molar-refractivity contribution in [1.29, 1.82) is 0 Å². The molecular formula is C16H34NNaO2. The molecule has 0 aliphatic heterocycles. The maximum atomic E-state index is 10.8. The summed E-state index contributed by atoms with van der Waals surface area (Å²) < 4.78 is 0. The SMILES string of the molecule is CCCCCCCCCCCCN(C)C(C)C(=O)O.[NaH]. The molecule has 0 saturated heterocycles. The van der Waals surface area contributed by atoms with Gasteiger partial charge >= 0.3 is 35.5 Å². The Morgan fingerprint density at radius 2 is 1.35 bits per heavy atom. The van der Waals surface area contributed by atoms with Crippen LogP contribution in [-0.2, 0) is 4.79 Å². The number of carbonyl (C=O) groups is 1. The molecule has 0 aromatic heterocycles. The zero-order valence-electron chi connectivity index (χ0n) is 13.2. The summed E-state index contributed by atoms with van der Waals surface area (Å²) in [6.45, 7) is 4.89. The van der Waals surface area contributed by atoms with Crippen LogP contribution in [0.25, 0.3) is 0 Å². The van der Waals surface area contributed by atoms with Gasteiger partial charge in [0, 0.05) is 0 Å². The molecule has 1 atom stereocenters. The number of rotatable bonds is 13. The third-order valence-electron chi connectivity index (χ3n) is 3.88. The number of hydrogen-bond acceptors (Lipinski definition) is 2. The number of hydrogen-bond donors (Lipinski definition) is 1. The first-order chi connectivity index (χ1) is 9.09. The Morgan fingerprint density at radius 1 is 0.950 bits per heavy atom. The monoisotopic (exact) mass is 295 g/mol. The van der Waals surface area contributed by atoms with E-state index in [2.05, 4.69) is 6.92 Å². The van der Waals surface area contributed by atoms with E-state index in [1.807, 2.05) is 11.9 Å². The molecule has 0 amide bonds. The second kappa shape index (κ2) is 15.8. The van der Waals surface area contributed by atoms with Crippen molar-refractivity contribution in [2.75, 3.05) is 13.6 Å². The van der Waals surface area contributed by atoms with E-state index in [0.717, 1.165) is 13.0 Å². The van der Waals surface area contributed by atoms with Gasteiger partial charge in [0.1, 0.15) is 6.04 Å². The number of likely N-dealkylation sites (N-methyl/N-ethyl adjacent to an activating group) is 1. The minimum atomic E-state index is -0.727. The minimum absolute atomic E-state index is 0. The average Bonchev–Trinajstić information content (AvgIpc) is 2.39. The number of unbranched alkanes of at least 4 members (excludes halogenated alkanes) is 9. The molecule has 116 valence electrons. The quantitative estimate of drug-likeness (QED) is 0.416. The Labute approximate surface area is 147 Å². The Kier molecular flexibility index (Phi) is 18.0. The Morgan fingerprint density at radius 3 is 1.75 bits per heavy atom. The van der Waals surface area contributed by atoms with Crippen molar-refractivity contribution in [3.05, 3.63) is 0 Å². The number of nitrogens with zero attached hydrogens (tertiary/aromatic N) is 1. The van der Waals surface area contributed by atoms with Crippen LogP contribution in [0.4, 0.5) is 0 Å². The molecule has 1 N–H and O–H groups in total. The molecule has 3 nitrogen and oxygen atoms in total. The molecule has 0 aliphatic carbocycles. The number of carboxylic acid groups (broad SMARTS) is 1. The van der Waals surface area contributed by atoms with Crippen LogP contribution in [0.1, 0.15) is 78.1 Å². The van der Waals surface area contributed by atoms with Gasteiger partial charge in [0.05, 0.1) is 0 Å². The van der Waals surface area contributed by atoms with Crippen LogP contribution in [0.15, 0.2) is 0 Å². The summed E-state index contributed by atoms with van der Waals surface area (Å²) in [5.74, 6) is -0.727. The van der Waals surface area contributed by atoms with Gasteiger partial charge in [-0.05, 0) is 26.9 Å². The van der Waals surface area contributed by atoms with Crippen molar-refractivity contribution in [2.24, 2.45) is 0 Å². The molecule has 0 fully saturated rings. The number of aliphatic carboxylic acids is 1.